The Morgan fingerprint density at radius 1 is 1.32 bits per heavy atom. The lowest BCUT2D eigenvalue weighted by Crippen LogP contribution is -2.23. The third-order valence-corrected chi connectivity index (χ3v) is 3.39. The van der Waals surface area contributed by atoms with Crippen LogP contribution in [-0.2, 0) is 20.0 Å². The van der Waals surface area contributed by atoms with E-state index in [1.54, 1.807) is 0 Å². The number of nitrogens with one attached hydrogen (secondary N) is 1. The van der Waals surface area contributed by atoms with Crippen molar-refractivity contribution in [1.82, 2.24) is 24.9 Å². The molecule has 0 saturated heterocycles. The van der Waals surface area contributed by atoms with Gasteiger partial charge in [-0.05, 0) is 32.0 Å². The van der Waals surface area contributed by atoms with Crippen LogP contribution >= 0.6 is 0 Å². The van der Waals surface area contributed by atoms with Gasteiger partial charge in [-0.1, -0.05) is 13.8 Å². The fourth-order valence-electron chi connectivity index (χ4n) is 2.42. The Kier molecular flexibility index (Phi) is 4.37. The summed E-state index contributed by atoms with van der Waals surface area (Å²) in [4.78, 5) is 0. The van der Waals surface area contributed by atoms with Crippen molar-refractivity contribution in [2.75, 3.05) is 7.05 Å². The first-order chi connectivity index (χ1) is 9.21. The van der Waals surface area contributed by atoms with E-state index in [9.17, 15) is 0 Å². The van der Waals surface area contributed by atoms with Gasteiger partial charge in [-0.3, -0.25) is 9.36 Å². The molecule has 5 heteroatoms. The number of aryl methyl sites for hydroxylation is 3. The molecular formula is C14H23N5. The third kappa shape index (κ3) is 2.71. The van der Waals surface area contributed by atoms with Crippen LogP contribution in [0.3, 0.4) is 0 Å². The van der Waals surface area contributed by atoms with E-state index in [0.29, 0.717) is 0 Å². The Hall–Kier alpha value is -1.62. The summed E-state index contributed by atoms with van der Waals surface area (Å²) in [6, 6.07) is 4.38. The Bertz CT molecular complexity index is 526. The van der Waals surface area contributed by atoms with Crippen molar-refractivity contribution in [3.05, 3.63) is 35.4 Å². The van der Waals surface area contributed by atoms with Crippen LogP contribution in [-0.4, -0.2) is 26.6 Å². The fourth-order valence-corrected chi connectivity index (χ4v) is 2.42. The maximum atomic E-state index is 4.53. The number of hydrogen-bond donors (Lipinski definition) is 1. The molecule has 19 heavy (non-hydrogen) atoms. The highest BCUT2D eigenvalue weighted by atomic mass is 15.3. The molecule has 0 aliphatic carbocycles. The summed E-state index contributed by atoms with van der Waals surface area (Å²) in [5.74, 6) is 0. The summed E-state index contributed by atoms with van der Waals surface area (Å²) in [5.41, 5.74) is 3.49. The first kappa shape index (κ1) is 13.8. The largest absolute Gasteiger partial charge is 0.307 e. The van der Waals surface area contributed by atoms with Crippen molar-refractivity contribution in [1.29, 1.82) is 0 Å². The smallest absolute Gasteiger partial charge is 0.0916 e. The molecule has 104 valence electrons. The van der Waals surface area contributed by atoms with Gasteiger partial charge in [0.05, 0.1) is 23.1 Å². The van der Waals surface area contributed by atoms with Crippen LogP contribution in [0.2, 0.25) is 0 Å². The number of rotatable bonds is 6. The van der Waals surface area contributed by atoms with Crippen molar-refractivity contribution in [3.63, 3.8) is 0 Å². The summed E-state index contributed by atoms with van der Waals surface area (Å²) in [6.07, 6.45) is 3.90. The average molecular weight is 261 g/mol. The summed E-state index contributed by atoms with van der Waals surface area (Å²) in [7, 11) is 3.98. The fraction of sp³-hybridized carbons (Fsp3) is 0.571. The van der Waals surface area contributed by atoms with Gasteiger partial charge in [-0.25, -0.2) is 0 Å². The lowest BCUT2D eigenvalue weighted by molar-refractivity contribution is 0.515. The van der Waals surface area contributed by atoms with Crippen molar-refractivity contribution in [2.45, 2.75) is 39.3 Å². The minimum absolute atomic E-state index is 0.131. The van der Waals surface area contributed by atoms with Crippen LogP contribution in [0.1, 0.15) is 43.4 Å². The van der Waals surface area contributed by atoms with Gasteiger partial charge in [0.15, 0.2) is 0 Å². The Labute approximate surface area is 114 Å². The topological polar surface area (TPSA) is 47.7 Å². The zero-order valence-corrected chi connectivity index (χ0v) is 12.2. The second-order valence-corrected chi connectivity index (χ2v) is 4.74. The Morgan fingerprint density at radius 3 is 2.68 bits per heavy atom. The van der Waals surface area contributed by atoms with Gasteiger partial charge in [0.25, 0.3) is 0 Å². The molecular weight excluding hydrogens is 238 g/mol. The highest BCUT2D eigenvalue weighted by Gasteiger charge is 2.20. The van der Waals surface area contributed by atoms with Crippen LogP contribution in [0.25, 0.3) is 0 Å². The Balaban J connectivity index is 2.37. The van der Waals surface area contributed by atoms with Gasteiger partial charge < -0.3 is 5.32 Å². The zero-order valence-electron chi connectivity index (χ0n) is 12.2. The molecule has 2 rings (SSSR count). The molecule has 0 spiro atoms. The molecule has 0 amide bonds. The molecule has 0 fully saturated rings. The van der Waals surface area contributed by atoms with Gasteiger partial charge in [-0.15, -0.1) is 0 Å². The van der Waals surface area contributed by atoms with E-state index in [0.717, 1.165) is 25.1 Å². The summed E-state index contributed by atoms with van der Waals surface area (Å²) >= 11 is 0. The van der Waals surface area contributed by atoms with Gasteiger partial charge >= 0.3 is 0 Å². The van der Waals surface area contributed by atoms with E-state index in [1.165, 1.54) is 11.4 Å². The van der Waals surface area contributed by atoms with E-state index >= 15 is 0 Å². The molecule has 1 N–H and O–H groups in total. The lowest BCUT2D eigenvalue weighted by atomic mass is 10.1. The molecule has 2 heterocycles. The standard InChI is InChI=1S/C14H23N5/c1-5-9-19-12(7-8-16-19)14(15-3)13-10-11(6-2)17-18(13)4/h7-8,10,14-15H,5-6,9H2,1-4H3. The van der Waals surface area contributed by atoms with Crippen LogP contribution in [0.4, 0.5) is 0 Å². The van der Waals surface area contributed by atoms with Crippen molar-refractivity contribution in [3.8, 4) is 0 Å². The normalized spacial score (nSPS) is 12.8. The maximum Gasteiger partial charge on any atom is 0.0916 e. The lowest BCUT2D eigenvalue weighted by Gasteiger charge is -2.18. The number of nitrogens with zero attached hydrogens (tertiary/aromatic N) is 4. The molecule has 5 nitrogen and oxygen atoms in total. The summed E-state index contributed by atoms with van der Waals surface area (Å²) in [5, 5.41) is 12.3. The predicted molar refractivity (Wildman–Crippen MR) is 76.0 cm³/mol. The highest BCUT2D eigenvalue weighted by molar-refractivity contribution is 5.24. The monoisotopic (exact) mass is 261 g/mol. The molecule has 2 aromatic rings. The van der Waals surface area contributed by atoms with E-state index in [4.69, 9.17) is 0 Å². The second-order valence-electron chi connectivity index (χ2n) is 4.74. The van der Waals surface area contributed by atoms with Crippen LogP contribution in [0.15, 0.2) is 18.3 Å². The minimum Gasteiger partial charge on any atom is -0.307 e. The van der Waals surface area contributed by atoms with Gasteiger partial charge in [0.1, 0.15) is 0 Å². The third-order valence-electron chi connectivity index (χ3n) is 3.39. The zero-order chi connectivity index (χ0) is 13.8. The van der Waals surface area contributed by atoms with E-state index < -0.39 is 0 Å². The molecule has 0 aliphatic rings. The molecule has 0 aromatic carbocycles. The molecule has 0 radical (unpaired) electrons. The van der Waals surface area contributed by atoms with Gasteiger partial charge in [-0.2, -0.15) is 10.2 Å². The van der Waals surface area contributed by atoms with Gasteiger partial charge in [0, 0.05) is 19.8 Å². The van der Waals surface area contributed by atoms with Crippen molar-refractivity contribution in [2.24, 2.45) is 7.05 Å². The van der Waals surface area contributed by atoms with E-state index in [-0.39, 0.29) is 6.04 Å². The molecule has 0 saturated carbocycles. The summed E-state index contributed by atoms with van der Waals surface area (Å²) in [6.45, 7) is 5.24. The average Bonchev–Trinajstić information content (AvgIpc) is 3.00. The molecule has 2 aromatic heterocycles. The van der Waals surface area contributed by atoms with E-state index in [2.05, 4.69) is 46.2 Å². The first-order valence-electron chi connectivity index (χ1n) is 6.93. The molecule has 0 bridgehead atoms. The van der Waals surface area contributed by atoms with Crippen LogP contribution in [0, 0.1) is 0 Å². The molecule has 1 unspecified atom stereocenters. The van der Waals surface area contributed by atoms with Crippen molar-refractivity contribution < 1.29 is 0 Å². The Morgan fingerprint density at radius 2 is 2.11 bits per heavy atom. The second kappa shape index (κ2) is 6.02. The first-order valence-corrected chi connectivity index (χ1v) is 6.93. The quantitative estimate of drug-likeness (QED) is 0.864. The number of hydrogen-bond acceptors (Lipinski definition) is 3. The highest BCUT2D eigenvalue weighted by Crippen LogP contribution is 2.22. The SMILES string of the molecule is CCCn1nccc1C(NC)c1cc(CC)nn1C. The van der Waals surface area contributed by atoms with Crippen LogP contribution in [0.5, 0.6) is 0 Å². The van der Waals surface area contributed by atoms with Crippen LogP contribution < -0.4 is 5.32 Å². The molecule has 1 atom stereocenters. The predicted octanol–water partition coefficient (Wildman–Crippen LogP) is 1.90. The van der Waals surface area contributed by atoms with Gasteiger partial charge in [0.2, 0.25) is 0 Å². The van der Waals surface area contributed by atoms with E-state index in [1.807, 2.05) is 25.0 Å². The maximum absolute atomic E-state index is 4.53. The van der Waals surface area contributed by atoms with Crippen molar-refractivity contribution >= 4 is 0 Å². The minimum atomic E-state index is 0.131. The molecule has 0 aliphatic heterocycles. The summed E-state index contributed by atoms with van der Waals surface area (Å²) < 4.78 is 4.03. The number of aromatic nitrogens is 4.